The molecule has 1 aromatic rings. The molecule has 7 nitrogen and oxygen atoms in total. The van der Waals surface area contributed by atoms with Crippen LogP contribution < -0.4 is 9.64 Å². The molecule has 0 N–H and O–H groups in total. The first kappa shape index (κ1) is 19.5. The Morgan fingerprint density at radius 2 is 1.62 bits per heavy atom. The minimum Gasteiger partial charge on any atom is -0.495 e. The fourth-order valence-corrected chi connectivity index (χ4v) is 4.54. The number of methoxy groups -OCH3 is 1. The quantitative estimate of drug-likeness (QED) is 0.559. The van der Waals surface area contributed by atoms with Gasteiger partial charge in [0.1, 0.15) is 5.75 Å². The van der Waals surface area contributed by atoms with Gasteiger partial charge >= 0.3 is 0 Å². The maximum Gasteiger partial charge on any atom is 0.233 e. The zero-order valence-corrected chi connectivity index (χ0v) is 16.8. The Balaban J connectivity index is 1.29. The molecule has 2 heterocycles. The van der Waals surface area contributed by atoms with Gasteiger partial charge in [0.15, 0.2) is 0 Å². The van der Waals surface area contributed by atoms with Crippen molar-refractivity contribution < 1.29 is 19.1 Å². The minimum absolute atomic E-state index is 0.00160. The first-order valence-corrected chi connectivity index (χ1v) is 10.3. The molecule has 29 heavy (non-hydrogen) atoms. The lowest BCUT2D eigenvalue weighted by atomic mass is 9.85. The number of allylic oxidation sites excluding steroid dienone is 2. The lowest BCUT2D eigenvalue weighted by Crippen LogP contribution is -2.49. The summed E-state index contributed by atoms with van der Waals surface area (Å²) in [4.78, 5) is 43.1. The van der Waals surface area contributed by atoms with Crippen molar-refractivity contribution in [3.8, 4) is 5.75 Å². The van der Waals surface area contributed by atoms with E-state index in [1.165, 1.54) is 4.90 Å². The molecule has 2 aliphatic heterocycles. The van der Waals surface area contributed by atoms with Crippen LogP contribution >= 0.6 is 0 Å². The maximum atomic E-state index is 12.7. The second kappa shape index (κ2) is 8.27. The van der Waals surface area contributed by atoms with Crippen molar-refractivity contribution in [1.82, 2.24) is 9.80 Å². The smallest absolute Gasteiger partial charge is 0.233 e. The molecule has 1 aromatic carbocycles. The highest BCUT2D eigenvalue weighted by Crippen LogP contribution is 2.35. The molecule has 7 heteroatoms. The molecule has 4 rings (SSSR count). The predicted octanol–water partition coefficient (Wildman–Crippen LogP) is 1.69. The fraction of sp³-hybridized carbons (Fsp3) is 0.500. The lowest BCUT2D eigenvalue weighted by molar-refractivity contribution is -0.140. The molecule has 0 aromatic heterocycles. The van der Waals surface area contributed by atoms with Gasteiger partial charge in [-0.1, -0.05) is 24.3 Å². The number of imide groups is 1. The summed E-state index contributed by atoms with van der Waals surface area (Å²) in [6, 6.07) is 7.88. The number of hydrogen-bond donors (Lipinski definition) is 0. The largest absolute Gasteiger partial charge is 0.495 e. The summed E-state index contributed by atoms with van der Waals surface area (Å²) in [5.41, 5.74) is 1.03. The Hall–Kier alpha value is -2.83. The summed E-state index contributed by atoms with van der Waals surface area (Å²) >= 11 is 0. The van der Waals surface area contributed by atoms with Crippen LogP contribution in [-0.4, -0.2) is 67.4 Å². The van der Waals surface area contributed by atoms with Crippen molar-refractivity contribution in [1.29, 1.82) is 0 Å². The first-order valence-electron chi connectivity index (χ1n) is 10.3. The molecule has 0 bridgehead atoms. The topological polar surface area (TPSA) is 70.2 Å². The third kappa shape index (κ3) is 3.73. The molecule has 3 aliphatic rings. The van der Waals surface area contributed by atoms with Gasteiger partial charge in [-0.05, 0) is 25.0 Å². The van der Waals surface area contributed by atoms with Crippen LogP contribution in [0.15, 0.2) is 36.4 Å². The van der Waals surface area contributed by atoms with Gasteiger partial charge in [0, 0.05) is 39.1 Å². The number of amides is 3. The molecule has 154 valence electrons. The Morgan fingerprint density at radius 3 is 2.24 bits per heavy atom. The monoisotopic (exact) mass is 397 g/mol. The van der Waals surface area contributed by atoms with Gasteiger partial charge in [-0.2, -0.15) is 0 Å². The van der Waals surface area contributed by atoms with Crippen LogP contribution in [0.5, 0.6) is 5.75 Å². The number of hydrogen-bond acceptors (Lipinski definition) is 5. The fourth-order valence-electron chi connectivity index (χ4n) is 4.54. The van der Waals surface area contributed by atoms with Crippen molar-refractivity contribution in [3.63, 3.8) is 0 Å². The van der Waals surface area contributed by atoms with Crippen LogP contribution in [-0.2, 0) is 14.4 Å². The standard InChI is InChI=1S/C22H27N3O4/c1-29-19-9-5-4-8-18(19)23-12-14-24(15-13-23)20(26)10-11-25-21(27)16-6-2-3-7-17(16)22(25)28/h2-5,8-9,16-17H,6-7,10-15H2,1H3/t16-,17-/m0/s1. The molecule has 0 spiro atoms. The van der Waals surface area contributed by atoms with Crippen LogP contribution in [0.3, 0.4) is 0 Å². The van der Waals surface area contributed by atoms with Crippen molar-refractivity contribution >= 4 is 23.4 Å². The highest BCUT2D eigenvalue weighted by molar-refractivity contribution is 6.05. The number of fused-ring (bicyclic) bond motifs is 1. The molecule has 2 atom stereocenters. The van der Waals surface area contributed by atoms with Gasteiger partial charge in [0.2, 0.25) is 17.7 Å². The van der Waals surface area contributed by atoms with E-state index in [1.54, 1.807) is 7.11 Å². The average Bonchev–Trinajstić information content (AvgIpc) is 3.02. The van der Waals surface area contributed by atoms with E-state index in [0.29, 0.717) is 25.9 Å². The summed E-state index contributed by atoms with van der Waals surface area (Å²) < 4.78 is 5.43. The van der Waals surface area contributed by atoms with Gasteiger partial charge < -0.3 is 14.5 Å². The summed E-state index contributed by atoms with van der Waals surface area (Å²) in [6.07, 6.45) is 5.40. The molecular weight excluding hydrogens is 370 g/mol. The van der Waals surface area contributed by atoms with Crippen LogP contribution in [0, 0.1) is 11.8 Å². The zero-order valence-electron chi connectivity index (χ0n) is 16.8. The van der Waals surface area contributed by atoms with E-state index in [9.17, 15) is 14.4 Å². The second-order valence-electron chi connectivity index (χ2n) is 7.77. The number of carbonyl (C=O) groups is 3. The van der Waals surface area contributed by atoms with Gasteiger partial charge in [-0.25, -0.2) is 0 Å². The molecule has 2 fully saturated rings. The second-order valence-corrected chi connectivity index (χ2v) is 7.77. The van der Waals surface area contributed by atoms with E-state index in [1.807, 2.05) is 41.3 Å². The minimum atomic E-state index is -0.230. The predicted molar refractivity (Wildman–Crippen MR) is 108 cm³/mol. The van der Waals surface area contributed by atoms with Crippen LogP contribution in [0.4, 0.5) is 5.69 Å². The van der Waals surface area contributed by atoms with Crippen molar-refractivity contribution in [3.05, 3.63) is 36.4 Å². The number of para-hydroxylation sites is 2. The van der Waals surface area contributed by atoms with E-state index in [4.69, 9.17) is 4.74 Å². The number of likely N-dealkylation sites (tertiary alicyclic amines) is 1. The number of anilines is 1. The van der Waals surface area contributed by atoms with E-state index in [0.717, 1.165) is 24.5 Å². The van der Waals surface area contributed by atoms with Crippen LogP contribution in [0.2, 0.25) is 0 Å². The summed E-state index contributed by atoms with van der Waals surface area (Å²) in [6.45, 7) is 2.88. The summed E-state index contributed by atoms with van der Waals surface area (Å²) in [5, 5.41) is 0. The SMILES string of the molecule is COc1ccccc1N1CCN(C(=O)CCN2C(=O)[C@H]3CC=CC[C@@H]3C2=O)CC1. The molecule has 3 amide bonds. The molecule has 2 saturated heterocycles. The third-order valence-corrected chi connectivity index (χ3v) is 6.21. The number of nitrogens with zero attached hydrogens (tertiary/aromatic N) is 3. The first-order chi connectivity index (χ1) is 14.1. The summed E-state index contributed by atoms with van der Waals surface area (Å²) in [5.74, 6) is 0.142. The van der Waals surface area contributed by atoms with Crippen LogP contribution in [0.25, 0.3) is 0 Å². The van der Waals surface area contributed by atoms with E-state index < -0.39 is 0 Å². The molecule has 0 saturated carbocycles. The molecule has 0 radical (unpaired) electrons. The zero-order chi connectivity index (χ0) is 20.4. The highest BCUT2D eigenvalue weighted by Gasteiger charge is 2.47. The molecular formula is C22H27N3O4. The van der Waals surface area contributed by atoms with Crippen molar-refractivity contribution in [2.45, 2.75) is 19.3 Å². The molecule has 1 aliphatic carbocycles. The maximum absolute atomic E-state index is 12.7. The van der Waals surface area contributed by atoms with Gasteiger partial charge in [0.25, 0.3) is 0 Å². The number of benzene rings is 1. The Kier molecular flexibility index (Phi) is 5.56. The number of piperazine rings is 1. The Morgan fingerprint density at radius 1 is 1.00 bits per heavy atom. The Labute approximate surface area is 170 Å². The third-order valence-electron chi connectivity index (χ3n) is 6.21. The van der Waals surface area contributed by atoms with Gasteiger partial charge in [-0.3, -0.25) is 19.3 Å². The van der Waals surface area contributed by atoms with Gasteiger partial charge in [-0.15, -0.1) is 0 Å². The van der Waals surface area contributed by atoms with Gasteiger partial charge in [0.05, 0.1) is 24.6 Å². The number of rotatable bonds is 5. The van der Waals surface area contributed by atoms with Crippen molar-refractivity contribution in [2.24, 2.45) is 11.8 Å². The van der Waals surface area contributed by atoms with Crippen molar-refractivity contribution in [2.75, 3.05) is 44.7 Å². The average molecular weight is 397 g/mol. The Bertz CT molecular complexity index is 803. The summed E-state index contributed by atoms with van der Waals surface area (Å²) in [7, 11) is 1.66. The normalized spacial score (nSPS) is 24.1. The van der Waals surface area contributed by atoms with E-state index in [-0.39, 0.29) is 42.5 Å². The lowest BCUT2D eigenvalue weighted by Gasteiger charge is -2.36. The highest BCUT2D eigenvalue weighted by atomic mass is 16.5. The number of ether oxygens (including phenoxy) is 1. The van der Waals surface area contributed by atoms with Crippen LogP contribution in [0.1, 0.15) is 19.3 Å². The molecule has 0 unspecified atom stereocenters. The van der Waals surface area contributed by atoms with E-state index >= 15 is 0 Å². The van der Waals surface area contributed by atoms with E-state index in [2.05, 4.69) is 4.90 Å². The number of carbonyl (C=O) groups excluding carboxylic acids is 3.